The molecule has 2 N–H and O–H groups in total. The van der Waals surface area contributed by atoms with Gasteiger partial charge in [-0.25, -0.2) is 0 Å². The molecule has 7 heteroatoms. The Morgan fingerprint density at radius 3 is 2.62 bits per heavy atom. The minimum absolute atomic E-state index is 0.204. The highest BCUT2D eigenvalue weighted by atomic mass is 16.1. The lowest BCUT2D eigenvalue weighted by molar-refractivity contribution is -0.119. The van der Waals surface area contributed by atoms with Gasteiger partial charge in [0.25, 0.3) is 5.56 Å². The maximum absolute atomic E-state index is 12.2. The zero-order valence-corrected chi connectivity index (χ0v) is 12.6. The molecule has 112 valence electrons. The second-order valence-corrected chi connectivity index (χ2v) is 4.97. The van der Waals surface area contributed by atoms with Gasteiger partial charge in [-0.05, 0) is 25.5 Å². The first-order valence-electron chi connectivity index (χ1n) is 6.80. The second kappa shape index (κ2) is 5.90. The summed E-state index contributed by atoms with van der Waals surface area (Å²) in [5.41, 5.74) is 1.74. The molecule has 0 aliphatic rings. The number of hydrogen-bond acceptors (Lipinski definition) is 4. The molecule has 7 nitrogen and oxygen atoms in total. The molecule has 0 spiro atoms. The summed E-state index contributed by atoms with van der Waals surface area (Å²) in [5, 5.41) is 10.8. The molecule has 0 saturated carbocycles. The van der Waals surface area contributed by atoms with Gasteiger partial charge < -0.3 is 14.9 Å². The van der Waals surface area contributed by atoms with Crippen LogP contribution in [0.5, 0.6) is 0 Å². The summed E-state index contributed by atoms with van der Waals surface area (Å²) in [6.45, 7) is 5.24. The average molecular weight is 289 g/mol. The van der Waals surface area contributed by atoms with Gasteiger partial charge in [-0.2, -0.15) is 0 Å². The van der Waals surface area contributed by atoms with Crippen LogP contribution in [0.2, 0.25) is 0 Å². The Morgan fingerprint density at radius 2 is 2.14 bits per heavy atom. The van der Waals surface area contributed by atoms with Gasteiger partial charge in [0.05, 0.1) is 11.7 Å². The fourth-order valence-corrected chi connectivity index (χ4v) is 2.15. The Balaban J connectivity index is 2.40. The number of hydrogen-bond donors (Lipinski definition) is 2. The van der Waals surface area contributed by atoms with Gasteiger partial charge in [0.2, 0.25) is 5.91 Å². The summed E-state index contributed by atoms with van der Waals surface area (Å²) in [5.74, 6) is 0.210. The van der Waals surface area contributed by atoms with E-state index in [4.69, 9.17) is 0 Å². The van der Waals surface area contributed by atoms with Crippen LogP contribution in [0.25, 0.3) is 11.5 Å². The van der Waals surface area contributed by atoms with Crippen molar-refractivity contribution in [2.45, 2.75) is 33.2 Å². The van der Waals surface area contributed by atoms with E-state index in [1.165, 1.54) is 6.92 Å². The number of amides is 1. The van der Waals surface area contributed by atoms with Crippen molar-refractivity contribution < 1.29 is 4.79 Å². The summed E-state index contributed by atoms with van der Waals surface area (Å²) in [6, 6.07) is 3.39. The van der Waals surface area contributed by atoms with E-state index >= 15 is 0 Å². The van der Waals surface area contributed by atoms with Crippen LogP contribution in [-0.4, -0.2) is 25.7 Å². The lowest BCUT2D eigenvalue weighted by atomic mass is 10.1. The molecule has 0 aliphatic carbocycles. The topological polar surface area (TPSA) is 92.7 Å². The van der Waals surface area contributed by atoms with Gasteiger partial charge in [0.15, 0.2) is 11.5 Å². The van der Waals surface area contributed by atoms with Crippen LogP contribution in [0.4, 0.5) is 0 Å². The zero-order chi connectivity index (χ0) is 15.6. The molecular weight excluding hydrogens is 270 g/mol. The Bertz CT molecular complexity index is 716. The maximum atomic E-state index is 12.2. The third kappa shape index (κ3) is 3.01. The SMILES string of the molecule is CCC(NC(C)=O)c1nnc(-c2ccc(C)n2C)[nH]c1=O. The van der Waals surface area contributed by atoms with E-state index in [0.29, 0.717) is 12.2 Å². The summed E-state index contributed by atoms with van der Waals surface area (Å²) in [6.07, 6.45) is 0.569. The van der Waals surface area contributed by atoms with Crippen molar-refractivity contribution in [2.24, 2.45) is 7.05 Å². The van der Waals surface area contributed by atoms with E-state index in [9.17, 15) is 9.59 Å². The number of H-pyrrole nitrogens is 1. The fraction of sp³-hybridized carbons (Fsp3) is 0.429. The van der Waals surface area contributed by atoms with Crippen molar-refractivity contribution in [1.82, 2.24) is 25.1 Å². The summed E-state index contributed by atoms with van der Waals surface area (Å²) in [4.78, 5) is 26.1. The van der Waals surface area contributed by atoms with Crippen molar-refractivity contribution in [1.29, 1.82) is 0 Å². The van der Waals surface area contributed by atoms with E-state index in [1.54, 1.807) is 0 Å². The molecule has 0 saturated heterocycles. The minimum Gasteiger partial charge on any atom is -0.348 e. The fourth-order valence-electron chi connectivity index (χ4n) is 2.15. The molecule has 1 amide bonds. The number of nitrogens with zero attached hydrogens (tertiary/aromatic N) is 3. The van der Waals surface area contributed by atoms with Crippen LogP contribution in [0, 0.1) is 6.92 Å². The highest BCUT2D eigenvalue weighted by molar-refractivity contribution is 5.73. The number of aryl methyl sites for hydroxylation is 1. The number of aromatic nitrogens is 4. The number of aromatic amines is 1. The van der Waals surface area contributed by atoms with Crippen LogP contribution in [0.3, 0.4) is 0 Å². The lowest BCUT2D eigenvalue weighted by Gasteiger charge is -2.14. The number of nitrogens with one attached hydrogen (secondary N) is 2. The van der Waals surface area contributed by atoms with Crippen LogP contribution in [0.15, 0.2) is 16.9 Å². The third-order valence-corrected chi connectivity index (χ3v) is 3.45. The molecule has 1 unspecified atom stereocenters. The molecule has 21 heavy (non-hydrogen) atoms. The van der Waals surface area contributed by atoms with Crippen molar-refractivity contribution in [2.75, 3.05) is 0 Å². The molecule has 0 bridgehead atoms. The number of rotatable bonds is 4. The normalized spacial score (nSPS) is 12.2. The summed E-state index contributed by atoms with van der Waals surface area (Å²) < 4.78 is 1.92. The van der Waals surface area contributed by atoms with E-state index in [-0.39, 0.29) is 17.2 Å². The van der Waals surface area contributed by atoms with Crippen LogP contribution >= 0.6 is 0 Å². The van der Waals surface area contributed by atoms with Gasteiger partial charge in [-0.1, -0.05) is 6.92 Å². The highest BCUT2D eigenvalue weighted by Crippen LogP contribution is 2.16. The van der Waals surface area contributed by atoms with Crippen LogP contribution in [-0.2, 0) is 11.8 Å². The average Bonchev–Trinajstić information content (AvgIpc) is 2.76. The Kier molecular flexibility index (Phi) is 4.21. The summed E-state index contributed by atoms with van der Waals surface area (Å²) >= 11 is 0. The zero-order valence-electron chi connectivity index (χ0n) is 12.6. The molecule has 0 radical (unpaired) electrons. The van der Waals surface area contributed by atoms with E-state index in [2.05, 4.69) is 20.5 Å². The van der Waals surface area contributed by atoms with Crippen molar-refractivity contribution in [3.05, 3.63) is 33.9 Å². The van der Waals surface area contributed by atoms with Crippen LogP contribution < -0.4 is 10.9 Å². The Morgan fingerprint density at radius 1 is 1.43 bits per heavy atom. The Labute approximate surface area is 122 Å². The number of carbonyl (C=O) groups excluding carboxylic acids is 1. The summed E-state index contributed by atoms with van der Waals surface area (Å²) in [7, 11) is 1.89. The van der Waals surface area contributed by atoms with Gasteiger partial charge >= 0.3 is 0 Å². The van der Waals surface area contributed by atoms with Crippen molar-refractivity contribution in [3.63, 3.8) is 0 Å². The second-order valence-electron chi connectivity index (χ2n) is 4.97. The largest absolute Gasteiger partial charge is 0.348 e. The molecule has 1 atom stereocenters. The van der Waals surface area contributed by atoms with Crippen LogP contribution in [0.1, 0.15) is 37.7 Å². The minimum atomic E-state index is -0.428. The molecule has 2 aromatic heterocycles. The van der Waals surface area contributed by atoms with Gasteiger partial charge in [-0.15, -0.1) is 10.2 Å². The van der Waals surface area contributed by atoms with Gasteiger partial charge in [-0.3, -0.25) is 9.59 Å². The molecular formula is C14H19N5O2. The molecule has 0 aromatic carbocycles. The van der Waals surface area contributed by atoms with Gasteiger partial charge in [0, 0.05) is 19.7 Å². The predicted octanol–water partition coefficient (Wildman–Crippen LogP) is 1.07. The molecule has 0 fully saturated rings. The molecule has 2 heterocycles. The first-order valence-corrected chi connectivity index (χ1v) is 6.80. The van der Waals surface area contributed by atoms with Crippen molar-refractivity contribution >= 4 is 5.91 Å². The van der Waals surface area contributed by atoms with E-state index in [1.807, 2.05) is 37.6 Å². The first-order chi connectivity index (χ1) is 9.93. The van der Waals surface area contributed by atoms with Gasteiger partial charge in [0.1, 0.15) is 0 Å². The third-order valence-electron chi connectivity index (χ3n) is 3.45. The van der Waals surface area contributed by atoms with Crippen molar-refractivity contribution in [3.8, 4) is 11.5 Å². The lowest BCUT2D eigenvalue weighted by Crippen LogP contribution is -2.32. The highest BCUT2D eigenvalue weighted by Gasteiger charge is 2.18. The smallest absolute Gasteiger partial charge is 0.275 e. The molecule has 2 aromatic rings. The maximum Gasteiger partial charge on any atom is 0.275 e. The predicted molar refractivity (Wildman–Crippen MR) is 78.6 cm³/mol. The standard InChI is InChI=1S/C14H19N5O2/c1-5-10(15-9(3)20)12-14(21)16-13(18-17-12)11-7-6-8(2)19(11)4/h6-7,10H,5H2,1-4H3,(H,15,20)(H,16,18,21). The number of carbonyl (C=O) groups is 1. The van der Waals surface area contributed by atoms with E-state index < -0.39 is 6.04 Å². The molecule has 2 rings (SSSR count). The quantitative estimate of drug-likeness (QED) is 0.880. The first kappa shape index (κ1) is 15.0. The van der Waals surface area contributed by atoms with E-state index in [0.717, 1.165) is 11.4 Å². The monoisotopic (exact) mass is 289 g/mol. The Hall–Kier alpha value is -2.44. The molecule has 0 aliphatic heterocycles.